The van der Waals surface area contributed by atoms with Crippen LogP contribution < -0.4 is 14.8 Å². The predicted octanol–water partition coefficient (Wildman–Crippen LogP) is 1.94. The zero-order chi connectivity index (χ0) is 19.6. The molecule has 2 rings (SSSR count). The maximum Gasteiger partial charge on any atom is 0.312 e. The fourth-order valence-electron chi connectivity index (χ4n) is 2.14. The van der Waals surface area contributed by atoms with E-state index in [0.29, 0.717) is 17.2 Å². The van der Waals surface area contributed by atoms with Gasteiger partial charge in [-0.15, -0.1) is 11.3 Å². The Morgan fingerprint density at radius 3 is 2.74 bits per heavy atom. The fourth-order valence-corrected chi connectivity index (χ4v) is 2.96. The van der Waals surface area contributed by atoms with Crippen molar-refractivity contribution in [2.45, 2.75) is 12.8 Å². The molecule has 1 aromatic heterocycles. The number of hydrogen-bond acceptors (Lipinski definition) is 8. The standard InChI is InChI=1S/C18H19N3O5S/c1-24-14-5-4-12(8-15(14)25-2)18-21-13(11-27-18)9-17(23)26-10-16(22)20-7-3-6-19/h4-5,8,11H,3,7,9-10H2,1-2H3,(H,20,22). The second-order valence-electron chi connectivity index (χ2n) is 5.31. The van der Waals surface area contributed by atoms with Crippen LogP contribution in [0.25, 0.3) is 10.6 Å². The number of methoxy groups -OCH3 is 2. The number of benzene rings is 1. The molecule has 9 heteroatoms. The molecular formula is C18H19N3O5S. The van der Waals surface area contributed by atoms with Crippen molar-refractivity contribution in [2.75, 3.05) is 27.4 Å². The van der Waals surface area contributed by atoms with Crippen LogP contribution in [0.1, 0.15) is 12.1 Å². The van der Waals surface area contributed by atoms with Crippen LogP contribution in [0.3, 0.4) is 0 Å². The normalized spacial score (nSPS) is 9.96. The molecule has 0 aliphatic rings. The van der Waals surface area contributed by atoms with Gasteiger partial charge in [0.05, 0.1) is 38.8 Å². The number of aromatic nitrogens is 1. The van der Waals surface area contributed by atoms with E-state index in [1.165, 1.54) is 11.3 Å². The van der Waals surface area contributed by atoms with Crippen LogP contribution in [-0.4, -0.2) is 44.2 Å². The summed E-state index contributed by atoms with van der Waals surface area (Å²) in [6.45, 7) is -0.148. The molecule has 0 aliphatic heterocycles. The largest absolute Gasteiger partial charge is 0.493 e. The van der Waals surface area contributed by atoms with Gasteiger partial charge in [-0.3, -0.25) is 9.59 Å². The van der Waals surface area contributed by atoms with E-state index in [1.54, 1.807) is 25.7 Å². The Bertz CT molecular complexity index is 844. The van der Waals surface area contributed by atoms with Gasteiger partial charge in [0.1, 0.15) is 5.01 Å². The second kappa shape index (κ2) is 10.1. The number of carbonyl (C=O) groups excluding carboxylic acids is 2. The van der Waals surface area contributed by atoms with E-state index in [0.717, 1.165) is 10.6 Å². The van der Waals surface area contributed by atoms with Gasteiger partial charge in [0.2, 0.25) is 0 Å². The lowest BCUT2D eigenvalue weighted by molar-refractivity contribution is -0.147. The Balaban J connectivity index is 1.91. The first kappa shape index (κ1) is 20.2. The molecule has 0 bridgehead atoms. The van der Waals surface area contributed by atoms with Gasteiger partial charge in [-0.05, 0) is 18.2 Å². The smallest absolute Gasteiger partial charge is 0.312 e. The van der Waals surface area contributed by atoms with E-state index in [-0.39, 0.29) is 26.0 Å². The summed E-state index contributed by atoms with van der Waals surface area (Å²) in [6.07, 6.45) is 0.173. The lowest BCUT2D eigenvalue weighted by Gasteiger charge is -2.08. The molecule has 0 saturated carbocycles. The van der Waals surface area contributed by atoms with Crippen molar-refractivity contribution in [1.82, 2.24) is 10.3 Å². The van der Waals surface area contributed by atoms with Crippen molar-refractivity contribution in [3.05, 3.63) is 29.3 Å². The highest BCUT2D eigenvalue weighted by molar-refractivity contribution is 7.13. The van der Waals surface area contributed by atoms with Gasteiger partial charge in [0, 0.05) is 17.5 Å². The topological polar surface area (TPSA) is 111 Å². The van der Waals surface area contributed by atoms with E-state index in [4.69, 9.17) is 19.5 Å². The molecule has 0 radical (unpaired) electrons. The molecule has 1 heterocycles. The average molecular weight is 389 g/mol. The molecule has 0 atom stereocenters. The van der Waals surface area contributed by atoms with E-state index >= 15 is 0 Å². The third-order valence-electron chi connectivity index (χ3n) is 3.43. The molecule has 2 aromatic rings. The molecule has 0 unspecified atom stereocenters. The zero-order valence-electron chi connectivity index (χ0n) is 15.0. The Hall–Kier alpha value is -3.12. The van der Waals surface area contributed by atoms with E-state index in [2.05, 4.69) is 10.3 Å². The van der Waals surface area contributed by atoms with Crippen molar-refractivity contribution in [2.24, 2.45) is 0 Å². The summed E-state index contributed by atoms with van der Waals surface area (Å²) < 4.78 is 15.4. The molecule has 142 valence electrons. The van der Waals surface area contributed by atoms with Crippen molar-refractivity contribution >= 4 is 23.2 Å². The summed E-state index contributed by atoms with van der Waals surface area (Å²) in [5.74, 6) is 0.223. The monoisotopic (exact) mass is 389 g/mol. The quantitative estimate of drug-likeness (QED) is 0.515. The predicted molar refractivity (Wildman–Crippen MR) is 98.6 cm³/mol. The summed E-state index contributed by atoms with van der Waals surface area (Å²) in [6, 6.07) is 7.36. The Morgan fingerprint density at radius 2 is 2.04 bits per heavy atom. The lowest BCUT2D eigenvalue weighted by atomic mass is 10.2. The number of hydrogen-bond donors (Lipinski definition) is 1. The van der Waals surface area contributed by atoms with Gasteiger partial charge in [-0.25, -0.2) is 4.98 Å². The van der Waals surface area contributed by atoms with E-state index in [9.17, 15) is 9.59 Å². The minimum absolute atomic E-state index is 0.0325. The Morgan fingerprint density at radius 1 is 1.26 bits per heavy atom. The van der Waals surface area contributed by atoms with Gasteiger partial charge >= 0.3 is 5.97 Å². The first-order valence-corrected chi connectivity index (χ1v) is 8.91. The van der Waals surface area contributed by atoms with Crippen LogP contribution in [0.5, 0.6) is 11.5 Å². The molecule has 27 heavy (non-hydrogen) atoms. The number of nitrogens with one attached hydrogen (secondary N) is 1. The van der Waals surface area contributed by atoms with Gasteiger partial charge in [0.25, 0.3) is 5.91 Å². The third-order valence-corrected chi connectivity index (χ3v) is 4.37. The maximum atomic E-state index is 11.9. The first-order valence-electron chi connectivity index (χ1n) is 8.03. The lowest BCUT2D eigenvalue weighted by Crippen LogP contribution is -2.29. The SMILES string of the molecule is COc1ccc(-c2nc(CC(=O)OCC(=O)NCCC#N)cs2)cc1OC. The minimum atomic E-state index is -0.547. The van der Waals surface area contributed by atoms with Crippen LogP contribution in [0.2, 0.25) is 0 Å². The van der Waals surface area contributed by atoms with Crippen molar-refractivity contribution < 1.29 is 23.8 Å². The molecule has 1 amide bonds. The van der Waals surface area contributed by atoms with E-state index < -0.39 is 11.9 Å². The summed E-state index contributed by atoms with van der Waals surface area (Å²) in [5.41, 5.74) is 1.40. The number of rotatable bonds is 9. The Labute approximate surface area is 160 Å². The maximum absolute atomic E-state index is 11.9. The van der Waals surface area contributed by atoms with Crippen LogP contribution in [0, 0.1) is 11.3 Å². The molecule has 0 saturated heterocycles. The van der Waals surface area contributed by atoms with Gasteiger partial charge in [-0.2, -0.15) is 5.26 Å². The number of thiazole rings is 1. The van der Waals surface area contributed by atoms with Crippen molar-refractivity contribution in [3.63, 3.8) is 0 Å². The van der Waals surface area contributed by atoms with Crippen LogP contribution in [0.15, 0.2) is 23.6 Å². The summed E-state index contributed by atoms with van der Waals surface area (Å²) in [7, 11) is 3.12. The number of nitrogens with zero attached hydrogens (tertiary/aromatic N) is 2. The number of nitriles is 1. The van der Waals surface area contributed by atoms with Crippen LogP contribution in [-0.2, 0) is 20.7 Å². The number of esters is 1. The number of carbonyl (C=O) groups is 2. The van der Waals surface area contributed by atoms with Crippen LogP contribution >= 0.6 is 11.3 Å². The summed E-state index contributed by atoms with van der Waals surface area (Å²) in [4.78, 5) is 27.7. The molecule has 8 nitrogen and oxygen atoms in total. The highest BCUT2D eigenvalue weighted by atomic mass is 32.1. The zero-order valence-corrected chi connectivity index (χ0v) is 15.8. The van der Waals surface area contributed by atoms with Crippen LogP contribution in [0.4, 0.5) is 0 Å². The highest BCUT2D eigenvalue weighted by Crippen LogP contribution is 2.33. The number of ether oxygens (including phenoxy) is 3. The van der Waals surface area contributed by atoms with Gasteiger partial charge in [0.15, 0.2) is 18.1 Å². The first-order chi connectivity index (χ1) is 13.1. The Kier molecular flexibility index (Phi) is 7.58. The number of amides is 1. The second-order valence-corrected chi connectivity index (χ2v) is 6.17. The molecule has 0 fully saturated rings. The minimum Gasteiger partial charge on any atom is -0.493 e. The summed E-state index contributed by atoms with van der Waals surface area (Å²) in [5, 5.41) is 13.4. The van der Waals surface area contributed by atoms with Gasteiger partial charge < -0.3 is 19.5 Å². The summed E-state index contributed by atoms with van der Waals surface area (Å²) >= 11 is 1.39. The third kappa shape index (κ3) is 5.97. The average Bonchev–Trinajstić information content (AvgIpc) is 3.14. The molecular weight excluding hydrogens is 370 g/mol. The van der Waals surface area contributed by atoms with Gasteiger partial charge in [-0.1, -0.05) is 0 Å². The van der Waals surface area contributed by atoms with E-state index in [1.807, 2.05) is 18.2 Å². The highest BCUT2D eigenvalue weighted by Gasteiger charge is 2.13. The molecule has 1 N–H and O–H groups in total. The van der Waals surface area contributed by atoms with Crippen molar-refractivity contribution in [1.29, 1.82) is 5.26 Å². The molecule has 1 aromatic carbocycles. The molecule has 0 aliphatic carbocycles. The van der Waals surface area contributed by atoms with Crippen molar-refractivity contribution in [3.8, 4) is 28.1 Å². The molecule has 0 spiro atoms. The fraction of sp³-hybridized carbons (Fsp3) is 0.333.